The predicted molar refractivity (Wildman–Crippen MR) is 128 cm³/mol. The van der Waals surface area contributed by atoms with E-state index in [0.717, 1.165) is 26.9 Å². The van der Waals surface area contributed by atoms with Gasteiger partial charge >= 0.3 is 0 Å². The summed E-state index contributed by atoms with van der Waals surface area (Å²) in [5.41, 5.74) is 2.61. The fraction of sp³-hybridized carbons (Fsp3) is 0.0417. The van der Waals surface area contributed by atoms with Crippen LogP contribution in [0.4, 0.5) is 5.69 Å². The summed E-state index contributed by atoms with van der Waals surface area (Å²) in [5.74, 6) is -0.101. The SMILES string of the molecule is O=C(NCc1ccccc1)c1ccc(NSc2cc(Cl)cc(Cl)c2)c2ccccc12. The van der Waals surface area contributed by atoms with Gasteiger partial charge in [-0.15, -0.1) is 0 Å². The summed E-state index contributed by atoms with van der Waals surface area (Å²) in [5, 5.41) is 6.02. The molecule has 0 saturated carbocycles. The van der Waals surface area contributed by atoms with Gasteiger partial charge in [0.15, 0.2) is 0 Å². The fourth-order valence-corrected chi connectivity index (χ4v) is 4.59. The van der Waals surface area contributed by atoms with Gasteiger partial charge in [-0.3, -0.25) is 4.79 Å². The number of amides is 1. The minimum absolute atomic E-state index is 0.101. The van der Waals surface area contributed by atoms with Crippen LogP contribution in [0.3, 0.4) is 0 Å². The molecule has 0 aliphatic carbocycles. The average molecular weight is 453 g/mol. The Morgan fingerprint density at radius 2 is 1.47 bits per heavy atom. The van der Waals surface area contributed by atoms with Gasteiger partial charge in [0.05, 0.1) is 5.69 Å². The number of hydrogen-bond acceptors (Lipinski definition) is 3. The number of fused-ring (bicyclic) bond motifs is 1. The molecule has 0 aliphatic heterocycles. The van der Waals surface area contributed by atoms with Gasteiger partial charge in [-0.1, -0.05) is 77.8 Å². The maximum Gasteiger partial charge on any atom is 0.252 e. The van der Waals surface area contributed by atoms with E-state index in [0.29, 0.717) is 22.2 Å². The Morgan fingerprint density at radius 1 is 0.800 bits per heavy atom. The lowest BCUT2D eigenvalue weighted by molar-refractivity contribution is 0.0952. The van der Waals surface area contributed by atoms with Gasteiger partial charge < -0.3 is 10.0 Å². The zero-order chi connectivity index (χ0) is 20.9. The number of rotatable bonds is 6. The van der Waals surface area contributed by atoms with E-state index in [1.807, 2.05) is 78.9 Å². The molecular formula is C24H18Cl2N2OS. The molecule has 0 spiro atoms. The highest BCUT2D eigenvalue weighted by atomic mass is 35.5. The van der Waals surface area contributed by atoms with Gasteiger partial charge in [0.1, 0.15) is 0 Å². The van der Waals surface area contributed by atoms with Crippen molar-refractivity contribution in [2.75, 3.05) is 4.72 Å². The highest BCUT2D eigenvalue weighted by molar-refractivity contribution is 8.00. The zero-order valence-corrected chi connectivity index (χ0v) is 18.2. The van der Waals surface area contributed by atoms with Crippen molar-refractivity contribution in [2.24, 2.45) is 0 Å². The summed E-state index contributed by atoms with van der Waals surface area (Å²) in [6.07, 6.45) is 0. The molecule has 0 atom stereocenters. The molecule has 4 aromatic rings. The smallest absolute Gasteiger partial charge is 0.252 e. The molecule has 1 amide bonds. The number of nitrogens with one attached hydrogen (secondary N) is 2. The van der Waals surface area contributed by atoms with E-state index in [1.54, 1.807) is 6.07 Å². The maximum atomic E-state index is 12.8. The fourth-order valence-electron chi connectivity index (χ4n) is 3.16. The predicted octanol–water partition coefficient (Wildman–Crippen LogP) is 7.20. The van der Waals surface area contributed by atoms with Gasteiger partial charge in [-0.05, 0) is 53.2 Å². The minimum Gasteiger partial charge on any atom is -0.348 e. The molecule has 0 heterocycles. The van der Waals surface area contributed by atoms with Crippen molar-refractivity contribution in [1.82, 2.24) is 5.32 Å². The van der Waals surface area contributed by atoms with E-state index < -0.39 is 0 Å². The molecule has 4 rings (SSSR count). The van der Waals surface area contributed by atoms with Crippen molar-refractivity contribution in [3.8, 4) is 0 Å². The third kappa shape index (κ3) is 4.90. The summed E-state index contributed by atoms with van der Waals surface area (Å²) in [7, 11) is 0. The summed E-state index contributed by atoms with van der Waals surface area (Å²) in [6.45, 7) is 0.485. The molecule has 3 nitrogen and oxygen atoms in total. The van der Waals surface area contributed by atoms with Crippen LogP contribution in [-0.4, -0.2) is 5.91 Å². The summed E-state index contributed by atoms with van der Waals surface area (Å²) in [6, 6.07) is 26.9. The third-order valence-electron chi connectivity index (χ3n) is 4.58. The van der Waals surface area contributed by atoms with E-state index in [9.17, 15) is 4.79 Å². The molecule has 6 heteroatoms. The highest BCUT2D eigenvalue weighted by Crippen LogP contribution is 2.32. The first kappa shape index (κ1) is 20.6. The Labute approximate surface area is 189 Å². The number of carbonyl (C=O) groups excluding carboxylic acids is 1. The lowest BCUT2D eigenvalue weighted by Gasteiger charge is -2.13. The first-order valence-electron chi connectivity index (χ1n) is 9.33. The van der Waals surface area contributed by atoms with Gasteiger partial charge in [0.25, 0.3) is 5.91 Å². The molecule has 0 radical (unpaired) electrons. The van der Waals surface area contributed by atoms with E-state index in [-0.39, 0.29) is 5.91 Å². The van der Waals surface area contributed by atoms with Crippen molar-refractivity contribution in [2.45, 2.75) is 11.4 Å². The normalized spacial score (nSPS) is 10.7. The van der Waals surface area contributed by atoms with Crippen LogP contribution in [-0.2, 0) is 6.54 Å². The second kappa shape index (κ2) is 9.43. The van der Waals surface area contributed by atoms with Crippen molar-refractivity contribution in [3.05, 3.63) is 106 Å². The maximum absolute atomic E-state index is 12.8. The molecule has 0 aliphatic rings. The summed E-state index contributed by atoms with van der Waals surface area (Å²) < 4.78 is 3.35. The molecule has 30 heavy (non-hydrogen) atoms. The van der Waals surface area contributed by atoms with Crippen LogP contribution in [0.2, 0.25) is 10.0 Å². The first-order valence-corrected chi connectivity index (χ1v) is 10.9. The average Bonchev–Trinajstić information content (AvgIpc) is 2.76. The molecule has 150 valence electrons. The molecule has 0 bridgehead atoms. The Balaban J connectivity index is 1.56. The summed E-state index contributed by atoms with van der Waals surface area (Å²) in [4.78, 5) is 13.7. The molecule has 2 N–H and O–H groups in total. The standard InChI is InChI=1S/C24H18Cl2N2OS/c25-17-12-18(26)14-19(13-17)30-28-23-11-10-22(20-8-4-5-9-21(20)23)24(29)27-15-16-6-2-1-3-7-16/h1-14,28H,15H2,(H,27,29). The van der Waals surface area contributed by atoms with Crippen LogP contribution in [0.25, 0.3) is 10.8 Å². The van der Waals surface area contributed by atoms with Gasteiger partial charge in [-0.2, -0.15) is 0 Å². The van der Waals surface area contributed by atoms with E-state index in [2.05, 4.69) is 10.0 Å². The monoisotopic (exact) mass is 452 g/mol. The Kier molecular flexibility index (Phi) is 6.48. The quantitative estimate of drug-likeness (QED) is 0.304. The van der Waals surface area contributed by atoms with E-state index >= 15 is 0 Å². The number of hydrogen-bond donors (Lipinski definition) is 2. The lowest BCUT2D eigenvalue weighted by atomic mass is 10.0. The number of carbonyl (C=O) groups is 1. The van der Waals surface area contributed by atoms with Crippen LogP contribution in [0.15, 0.2) is 89.8 Å². The van der Waals surface area contributed by atoms with Crippen LogP contribution in [0.1, 0.15) is 15.9 Å². The largest absolute Gasteiger partial charge is 0.348 e. The Morgan fingerprint density at radius 3 is 2.20 bits per heavy atom. The molecule has 0 unspecified atom stereocenters. The van der Waals surface area contributed by atoms with E-state index in [4.69, 9.17) is 23.2 Å². The highest BCUT2D eigenvalue weighted by Gasteiger charge is 2.12. The number of halogens is 2. The van der Waals surface area contributed by atoms with Crippen LogP contribution in [0.5, 0.6) is 0 Å². The van der Waals surface area contributed by atoms with Crippen molar-refractivity contribution < 1.29 is 4.79 Å². The number of benzene rings is 4. The number of anilines is 1. The Hall–Kier alpha value is -2.66. The summed E-state index contributed by atoms with van der Waals surface area (Å²) >= 11 is 13.6. The molecular weight excluding hydrogens is 435 g/mol. The van der Waals surface area contributed by atoms with Crippen LogP contribution >= 0.6 is 35.1 Å². The van der Waals surface area contributed by atoms with Crippen molar-refractivity contribution in [3.63, 3.8) is 0 Å². The lowest BCUT2D eigenvalue weighted by Crippen LogP contribution is -2.23. The van der Waals surface area contributed by atoms with Crippen molar-refractivity contribution in [1.29, 1.82) is 0 Å². The molecule has 0 aromatic heterocycles. The molecule has 0 saturated heterocycles. The molecule has 4 aromatic carbocycles. The molecule has 0 fully saturated rings. The second-order valence-electron chi connectivity index (χ2n) is 6.68. The van der Waals surface area contributed by atoms with Gasteiger partial charge in [-0.25, -0.2) is 0 Å². The minimum atomic E-state index is -0.101. The van der Waals surface area contributed by atoms with Crippen LogP contribution in [0, 0.1) is 0 Å². The first-order chi connectivity index (χ1) is 14.6. The second-order valence-corrected chi connectivity index (χ2v) is 8.44. The van der Waals surface area contributed by atoms with Crippen molar-refractivity contribution >= 4 is 57.5 Å². The van der Waals surface area contributed by atoms with E-state index in [1.165, 1.54) is 11.9 Å². The zero-order valence-electron chi connectivity index (χ0n) is 15.9. The third-order valence-corrected chi connectivity index (χ3v) is 5.81. The topological polar surface area (TPSA) is 41.1 Å². The van der Waals surface area contributed by atoms with Gasteiger partial charge in [0, 0.05) is 32.4 Å². The van der Waals surface area contributed by atoms with Gasteiger partial charge in [0.2, 0.25) is 0 Å². The van der Waals surface area contributed by atoms with Crippen LogP contribution < -0.4 is 10.0 Å². The Bertz CT molecular complexity index is 1180.